The molecule has 1 aromatic heterocycles. The molecule has 0 spiro atoms. The van der Waals surface area contributed by atoms with Gasteiger partial charge in [-0.15, -0.1) is 11.3 Å². The number of likely N-dealkylation sites (tertiary alicyclic amines) is 1. The number of carbonyl (C=O) groups excluding carboxylic acids is 3. The van der Waals surface area contributed by atoms with Crippen molar-refractivity contribution < 1.29 is 14.4 Å². The number of imide groups is 2. The van der Waals surface area contributed by atoms with Crippen molar-refractivity contribution >= 4 is 39.4 Å². The number of hydrogen-bond acceptors (Lipinski definition) is 6. The van der Waals surface area contributed by atoms with E-state index in [2.05, 4.69) is 11.0 Å². The molecule has 8 heteroatoms. The lowest BCUT2D eigenvalue weighted by atomic mass is 10.0. The predicted molar refractivity (Wildman–Crippen MR) is 107 cm³/mol. The number of nitrogens with zero attached hydrogens (tertiary/aromatic N) is 4. The lowest BCUT2D eigenvalue weighted by molar-refractivity contribution is -0.144. The van der Waals surface area contributed by atoms with Crippen molar-refractivity contribution in [2.45, 2.75) is 39.2 Å². The summed E-state index contributed by atoms with van der Waals surface area (Å²) >= 11 is 1.66. The van der Waals surface area contributed by atoms with E-state index >= 15 is 0 Å². The highest BCUT2D eigenvalue weighted by atomic mass is 32.1. The van der Waals surface area contributed by atoms with Crippen molar-refractivity contribution in [3.63, 3.8) is 0 Å². The lowest BCUT2D eigenvalue weighted by Gasteiger charge is -2.36. The molecule has 3 heterocycles. The Morgan fingerprint density at radius 2 is 1.86 bits per heavy atom. The van der Waals surface area contributed by atoms with E-state index in [0.29, 0.717) is 0 Å². The first-order chi connectivity index (χ1) is 13.5. The minimum Gasteiger partial charge on any atom is -0.276 e. The molecule has 1 aromatic carbocycles. The summed E-state index contributed by atoms with van der Waals surface area (Å²) in [6.07, 6.45) is 3.01. The van der Waals surface area contributed by atoms with Crippen LogP contribution in [0, 0.1) is 5.92 Å². The molecular formula is C20H24N4O3S. The molecule has 0 N–H and O–H groups in total. The van der Waals surface area contributed by atoms with Crippen molar-refractivity contribution in [3.05, 3.63) is 29.3 Å². The average molecular weight is 401 g/mol. The molecule has 2 aliphatic rings. The maximum absolute atomic E-state index is 12.7. The highest BCUT2D eigenvalue weighted by Crippen LogP contribution is 2.36. The van der Waals surface area contributed by atoms with Gasteiger partial charge in [-0.2, -0.15) is 0 Å². The zero-order chi connectivity index (χ0) is 19.8. The minimum absolute atomic E-state index is 0.0565. The second kappa shape index (κ2) is 7.60. The van der Waals surface area contributed by atoms with Gasteiger partial charge in [0.25, 0.3) is 0 Å². The van der Waals surface area contributed by atoms with Crippen molar-refractivity contribution in [2.24, 2.45) is 5.92 Å². The zero-order valence-electron chi connectivity index (χ0n) is 16.1. The van der Waals surface area contributed by atoms with E-state index in [1.165, 1.54) is 0 Å². The Morgan fingerprint density at radius 1 is 1.11 bits per heavy atom. The summed E-state index contributed by atoms with van der Waals surface area (Å²) < 4.78 is 1.13. The van der Waals surface area contributed by atoms with Crippen LogP contribution in [0.15, 0.2) is 24.3 Å². The molecule has 4 amide bonds. The van der Waals surface area contributed by atoms with Crippen molar-refractivity contribution in [3.8, 4) is 0 Å². The van der Waals surface area contributed by atoms with Gasteiger partial charge in [-0.05, 0) is 30.9 Å². The number of para-hydroxylation sites is 1. The molecule has 2 fully saturated rings. The molecule has 0 radical (unpaired) electrons. The summed E-state index contributed by atoms with van der Waals surface area (Å²) in [5, 5.41) is 1.00. The van der Waals surface area contributed by atoms with Gasteiger partial charge in [0.05, 0.1) is 22.9 Å². The zero-order valence-corrected chi connectivity index (χ0v) is 16.9. The average Bonchev–Trinajstić information content (AvgIpc) is 3.19. The van der Waals surface area contributed by atoms with E-state index in [1.54, 1.807) is 11.3 Å². The molecule has 0 aliphatic carbocycles. The van der Waals surface area contributed by atoms with Crippen LogP contribution in [0.5, 0.6) is 0 Å². The van der Waals surface area contributed by atoms with Crippen LogP contribution < -0.4 is 0 Å². The van der Waals surface area contributed by atoms with E-state index in [9.17, 15) is 14.4 Å². The van der Waals surface area contributed by atoms with Crippen LogP contribution >= 0.6 is 11.3 Å². The van der Waals surface area contributed by atoms with Crippen molar-refractivity contribution in [1.29, 1.82) is 0 Å². The molecule has 148 valence electrons. The Hall–Kier alpha value is -2.32. The number of fused-ring (bicyclic) bond motifs is 1. The number of thiazole rings is 1. The third-order valence-electron chi connectivity index (χ3n) is 5.22. The van der Waals surface area contributed by atoms with E-state index in [1.807, 2.05) is 32.0 Å². The lowest BCUT2D eigenvalue weighted by Crippen LogP contribution is -2.45. The molecule has 0 unspecified atom stereocenters. The Bertz CT molecular complexity index is 892. The third-order valence-corrected chi connectivity index (χ3v) is 6.35. The number of urea groups is 1. The van der Waals surface area contributed by atoms with Crippen LogP contribution in [0.1, 0.15) is 44.2 Å². The van der Waals surface area contributed by atoms with Crippen LogP contribution in [0.3, 0.4) is 0 Å². The number of piperidine rings is 1. The molecule has 2 aromatic rings. The summed E-state index contributed by atoms with van der Waals surface area (Å²) in [5.74, 6) is -1.32. The van der Waals surface area contributed by atoms with Gasteiger partial charge in [0.1, 0.15) is 5.01 Å². The predicted octanol–water partition coefficient (Wildman–Crippen LogP) is 3.23. The Labute approximate surface area is 167 Å². The van der Waals surface area contributed by atoms with Gasteiger partial charge in [0.15, 0.2) is 0 Å². The normalized spacial score (nSPS) is 21.5. The summed E-state index contributed by atoms with van der Waals surface area (Å²) in [6.45, 7) is 5.01. The molecule has 0 saturated carbocycles. The Kier molecular flexibility index (Phi) is 5.16. The number of carbonyl (C=O) groups is 3. The van der Waals surface area contributed by atoms with Crippen molar-refractivity contribution in [2.75, 3.05) is 19.8 Å². The van der Waals surface area contributed by atoms with E-state index in [0.717, 1.165) is 50.8 Å². The smallest absolute Gasteiger partial charge is 0.276 e. The summed E-state index contributed by atoms with van der Waals surface area (Å²) in [7, 11) is 0. The van der Waals surface area contributed by atoms with Crippen molar-refractivity contribution in [1.82, 2.24) is 19.7 Å². The first-order valence-electron chi connectivity index (χ1n) is 9.72. The largest absolute Gasteiger partial charge is 0.335 e. The van der Waals surface area contributed by atoms with Gasteiger partial charge in [-0.3, -0.25) is 19.4 Å². The first-order valence-corrected chi connectivity index (χ1v) is 10.5. The summed E-state index contributed by atoms with van der Waals surface area (Å²) in [5.41, 5.74) is 0.972. The van der Waals surface area contributed by atoms with E-state index < -0.39 is 17.8 Å². The highest BCUT2D eigenvalue weighted by Gasteiger charge is 2.45. The third kappa shape index (κ3) is 3.42. The SMILES string of the molecule is CC(C)CN1C(=O)C(=O)N(CN2CCCC[C@@H]2c2nc3ccccc3s2)C1=O. The van der Waals surface area contributed by atoms with Gasteiger partial charge < -0.3 is 0 Å². The monoisotopic (exact) mass is 400 g/mol. The second-order valence-corrected chi connectivity index (χ2v) is 8.87. The molecular weight excluding hydrogens is 376 g/mol. The molecule has 28 heavy (non-hydrogen) atoms. The fourth-order valence-electron chi connectivity index (χ4n) is 3.86. The van der Waals surface area contributed by atoms with Gasteiger partial charge in [-0.25, -0.2) is 14.7 Å². The molecule has 2 aliphatic heterocycles. The van der Waals surface area contributed by atoms with Crippen LogP contribution in [0.4, 0.5) is 4.79 Å². The van der Waals surface area contributed by atoms with Gasteiger partial charge in [-0.1, -0.05) is 32.4 Å². The van der Waals surface area contributed by atoms with Crippen LogP contribution in [0.25, 0.3) is 10.2 Å². The molecule has 7 nitrogen and oxygen atoms in total. The quantitative estimate of drug-likeness (QED) is 0.569. The number of amides is 4. The van der Waals surface area contributed by atoms with Crippen LogP contribution in [-0.4, -0.2) is 57.3 Å². The Morgan fingerprint density at radius 3 is 2.61 bits per heavy atom. The van der Waals surface area contributed by atoms with Gasteiger partial charge in [0, 0.05) is 13.1 Å². The second-order valence-electron chi connectivity index (χ2n) is 7.81. The Balaban J connectivity index is 1.56. The number of hydrogen-bond donors (Lipinski definition) is 0. The highest BCUT2D eigenvalue weighted by molar-refractivity contribution is 7.18. The van der Waals surface area contributed by atoms with E-state index in [4.69, 9.17) is 4.98 Å². The molecule has 4 rings (SSSR count). The summed E-state index contributed by atoms with van der Waals surface area (Å²) in [4.78, 5) is 46.4. The number of aromatic nitrogens is 1. The number of rotatable bonds is 5. The maximum Gasteiger partial charge on any atom is 0.335 e. The number of benzene rings is 1. The van der Waals surface area contributed by atoms with Gasteiger partial charge in [0.2, 0.25) is 0 Å². The first kappa shape index (κ1) is 19.0. The minimum atomic E-state index is -0.723. The van der Waals surface area contributed by atoms with E-state index in [-0.39, 0.29) is 25.2 Å². The van der Waals surface area contributed by atoms with Crippen LogP contribution in [0.2, 0.25) is 0 Å². The maximum atomic E-state index is 12.7. The summed E-state index contributed by atoms with van der Waals surface area (Å²) in [6, 6.07) is 7.58. The van der Waals surface area contributed by atoms with Crippen LogP contribution in [-0.2, 0) is 9.59 Å². The fraction of sp³-hybridized carbons (Fsp3) is 0.500. The topological polar surface area (TPSA) is 73.8 Å². The van der Waals surface area contributed by atoms with Gasteiger partial charge >= 0.3 is 17.8 Å². The standard InChI is InChI=1S/C20H24N4O3S/c1-13(2)11-23-18(25)19(26)24(20(23)27)12-22-10-6-5-8-15(22)17-21-14-7-3-4-9-16(14)28-17/h3-4,7,9,13,15H,5-6,8,10-12H2,1-2H3/t15-/m1/s1. The molecule has 2 saturated heterocycles. The molecule has 1 atom stereocenters. The molecule has 0 bridgehead atoms. The fourth-order valence-corrected chi connectivity index (χ4v) is 4.99.